The number of hydrogen-bond acceptors (Lipinski definition) is 4. The van der Waals surface area contributed by atoms with Crippen molar-refractivity contribution in [2.75, 3.05) is 60.1 Å². The van der Waals surface area contributed by atoms with Gasteiger partial charge in [0.15, 0.2) is 5.96 Å². The molecule has 1 N–H and O–H groups in total. The second kappa shape index (κ2) is 10.1. The van der Waals surface area contributed by atoms with Crippen LogP contribution in [-0.2, 0) is 4.74 Å². The largest absolute Gasteiger partial charge is 0.497 e. The molecule has 0 aromatic heterocycles. The summed E-state index contributed by atoms with van der Waals surface area (Å²) < 4.78 is 10.9. The Morgan fingerprint density at radius 1 is 1.18 bits per heavy atom. The van der Waals surface area contributed by atoms with E-state index in [0.29, 0.717) is 11.8 Å². The Bertz CT molecular complexity index is 618. The van der Waals surface area contributed by atoms with E-state index in [1.165, 1.54) is 12.0 Å². The monoisotopic (exact) mass is 388 g/mol. The molecule has 0 bridgehead atoms. The highest BCUT2D eigenvalue weighted by atomic mass is 16.5. The van der Waals surface area contributed by atoms with Crippen LogP contribution in [0.4, 0.5) is 0 Å². The lowest BCUT2D eigenvalue weighted by atomic mass is 9.92. The van der Waals surface area contributed by atoms with E-state index in [9.17, 15) is 0 Å². The van der Waals surface area contributed by atoms with Crippen molar-refractivity contribution in [1.82, 2.24) is 15.1 Å². The van der Waals surface area contributed by atoms with Gasteiger partial charge in [-0.15, -0.1) is 0 Å². The van der Waals surface area contributed by atoms with Gasteiger partial charge >= 0.3 is 0 Å². The Morgan fingerprint density at radius 2 is 1.82 bits per heavy atom. The molecule has 6 heteroatoms. The fraction of sp³-hybridized carbons (Fsp3) is 0.682. The molecule has 0 amide bonds. The average Bonchev–Trinajstić information content (AvgIpc) is 2.71. The Kier molecular flexibility index (Phi) is 7.57. The molecule has 1 aromatic rings. The number of hydrogen-bond donors (Lipinski definition) is 1. The van der Waals surface area contributed by atoms with Crippen LogP contribution in [0, 0.1) is 11.8 Å². The van der Waals surface area contributed by atoms with Crippen molar-refractivity contribution in [2.24, 2.45) is 16.8 Å². The lowest BCUT2D eigenvalue weighted by Gasteiger charge is -2.39. The maximum absolute atomic E-state index is 5.57. The maximum Gasteiger partial charge on any atom is 0.193 e. The zero-order chi connectivity index (χ0) is 19.9. The van der Waals surface area contributed by atoms with Crippen LogP contribution in [0.15, 0.2) is 29.3 Å². The second-order valence-corrected chi connectivity index (χ2v) is 8.22. The molecule has 2 fully saturated rings. The molecule has 6 nitrogen and oxygen atoms in total. The summed E-state index contributed by atoms with van der Waals surface area (Å²) in [7, 11) is 3.60. The van der Waals surface area contributed by atoms with Crippen LogP contribution in [0.1, 0.15) is 31.9 Å². The lowest BCUT2D eigenvalue weighted by molar-refractivity contribution is 0.0168. The summed E-state index contributed by atoms with van der Waals surface area (Å²) in [5.74, 6) is 3.33. The van der Waals surface area contributed by atoms with Crippen molar-refractivity contribution >= 4 is 5.96 Å². The predicted molar refractivity (Wildman–Crippen MR) is 114 cm³/mol. The number of likely N-dealkylation sites (tertiary alicyclic amines) is 1. The van der Waals surface area contributed by atoms with Gasteiger partial charge in [-0.25, -0.2) is 0 Å². The first-order chi connectivity index (χ1) is 13.6. The van der Waals surface area contributed by atoms with Crippen LogP contribution in [0.25, 0.3) is 0 Å². The molecule has 0 saturated carbocycles. The number of aliphatic imine (C=N–C) groups is 1. The number of piperidine rings is 1. The smallest absolute Gasteiger partial charge is 0.193 e. The van der Waals surface area contributed by atoms with E-state index in [0.717, 1.165) is 57.6 Å². The summed E-state index contributed by atoms with van der Waals surface area (Å²) in [5.41, 5.74) is 1.30. The summed E-state index contributed by atoms with van der Waals surface area (Å²) in [4.78, 5) is 9.51. The quantitative estimate of drug-likeness (QED) is 0.621. The highest BCUT2D eigenvalue weighted by molar-refractivity contribution is 5.80. The Hall–Kier alpha value is -1.79. The average molecular weight is 389 g/mol. The third kappa shape index (κ3) is 5.39. The molecule has 2 aliphatic rings. The van der Waals surface area contributed by atoms with E-state index in [1.807, 2.05) is 19.2 Å². The summed E-state index contributed by atoms with van der Waals surface area (Å²) in [5, 5.41) is 3.67. The molecule has 28 heavy (non-hydrogen) atoms. The van der Waals surface area contributed by atoms with Gasteiger partial charge in [0.1, 0.15) is 5.75 Å². The molecular weight excluding hydrogens is 352 g/mol. The molecule has 0 spiro atoms. The first kappa shape index (κ1) is 20.9. The van der Waals surface area contributed by atoms with Crippen molar-refractivity contribution in [3.63, 3.8) is 0 Å². The number of methoxy groups -OCH3 is 1. The third-order valence-electron chi connectivity index (χ3n) is 5.82. The number of ether oxygens (including phenoxy) is 2. The van der Waals surface area contributed by atoms with Crippen molar-refractivity contribution < 1.29 is 9.47 Å². The van der Waals surface area contributed by atoms with Gasteiger partial charge < -0.3 is 19.7 Å². The molecule has 0 aliphatic carbocycles. The van der Waals surface area contributed by atoms with Crippen molar-refractivity contribution in [2.45, 2.75) is 26.3 Å². The molecule has 1 aromatic carbocycles. The van der Waals surface area contributed by atoms with E-state index in [2.05, 4.69) is 46.1 Å². The first-order valence-electron chi connectivity index (χ1n) is 10.5. The summed E-state index contributed by atoms with van der Waals surface area (Å²) in [6, 6.07) is 8.73. The van der Waals surface area contributed by atoms with Crippen LogP contribution < -0.4 is 10.1 Å². The van der Waals surface area contributed by atoms with E-state index in [1.54, 1.807) is 7.11 Å². The fourth-order valence-electron chi connectivity index (χ4n) is 4.53. The van der Waals surface area contributed by atoms with Gasteiger partial charge in [-0.05, 0) is 36.0 Å². The summed E-state index contributed by atoms with van der Waals surface area (Å²) in [6.45, 7) is 11.2. The van der Waals surface area contributed by atoms with Crippen LogP contribution in [0.5, 0.6) is 5.75 Å². The molecule has 3 unspecified atom stereocenters. The SMILES string of the molecule is CN=C(NCC(c1ccc(OC)cc1)N1CCOCC1)N1CC(C)CC(C)C1. The number of nitrogens with one attached hydrogen (secondary N) is 1. The number of morpholine rings is 1. The number of nitrogens with zero attached hydrogens (tertiary/aromatic N) is 3. The highest BCUT2D eigenvalue weighted by Gasteiger charge is 2.26. The summed E-state index contributed by atoms with van der Waals surface area (Å²) in [6.07, 6.45) is 1.30. The van der Waals surface area contributed by atoms with E-state index >= 15 is 0 Å². The first-order valence-corrected chi connectivity index (χ1v) is 10.5. The van der Waals surface area contributed by atoms with Gasteiger partial charge in [0, 0.05) is 39.8 Å². The number of benzene rings is 1. The zero-order valence-electron chi connectivity index (χ0n) is 17.9. The van der Waals surface area contributed by atoms with E-state index in [-0.39, 0.29) is 6.04 Å². The predicted octanol–water partition coefficient (Wildman–Crippen LogP) is 2.62. The van der Waals surface area contributed by atoms with Gasteiger partial charge in [-0.3, -0.25) is 9.89 Å². The summed E-state index contributed by atoms with van der Waals surface area (Å²) >= 11 is 0. The molecular formula is C22H36N4O2. The van der Waals surface area contributed by atoms with Gasteiger partial charge in [-0.1, -0.05) is 26.0 Å². The number of guanidine groups is 1. The minimum Gasteiger partial charge on any atom is -0.497 e. The molecule has 2 saturated heterocycles. The van der Waals surface area contributed by atoms with Gasteiger partial charge in [0.25, 0.3) is 0 Å². The molecule has 0 radical (unpaired) electrons. The lowest BCUT2D eigenvalue weighted by Crippen LogP contribution is -2.51. The number of rotatable bonds is 5. The van der Waals surface area contributed by atoms with E-state index in [4.69, 9.17) is 9.47 Å². The standard InChI is InChI=1S/C22H36N4O2/c1-17-13-18(2)16-26(15-17)22(23-3)24-14-21(25-9-11-28-12-10-25)19-5-7-20(27-4)8-6-19/h5-8,17-18,21H,9-16H2,1-4H3,(H,23,24). The third-order valence-corrected chi connectivity index (χ3v) is 5.82. The normalized spacial score (nSPS) is 25.4. The Balaban J connectivity index is 1.70. The van der Waals surface area contributed by atoms with Crippen LogP contribution in [-0.4, -0.2) is 75.9 Å². The van der Waals surface area contributed by atoms with Gasteiger partial charge in [0.05, 0.1) is 26.4 Å². The maximum atomic E-state index is 5.57. The molecule has 3 rings (SSSR count). The Labute approximate surface area is 169 Å². The van der Waals surface area contributed by atoms with E-state index < -0.39 is 0 Å². The van der Waals surface area contributed by atoms with Crippen molar-refractivity contribution in [1.29, 1.82) is 0 Å². The molecule has 2 aliphatic heterocycles. The molecule has 2 heterocycles. The van der Waals surface area contributed by atoms with Crippen LogP contribution in [0.2, 0.25) is 0 Å². The molecule has 156 valence electrons. The van der Waals surface area contributed by atoms with Crippen molar-refractivity contribution in [3.8, 4) is 5.75 Å². The highest BCUT2D eigenvalue weighted by Crippen LogP contribution is 2.25. The second-order valence-electron chi connectivity index (χ2n) is 8.22. The topological polar surface area (TPSA) is 49.3 Å². The Morgan fingerprint density at radius 3 is 2.39 bits per heavy atom. The zero-order valence-corrected chi connectivity index (χ0v) is 17.9. The van der Waals surface area contributed by atoms with Crippen LogP contribution >= 0.6 is 0 Å². The minimum absolute atomic E-state index is 0.284. The van der Waals surface area contributed by atoms with Crippen LogP contribution in [0.3, 0.4) is 0 Å². The van der Waals surface area contributed by atoms with Gasteiger partial charge in [0.2, 0.25) is 0 Å². The molecule has 3 atom stereocenters. The van der Waals surface area contributed by atoms with Crippen molar-refractivity contribution in [3.05, 3.63) is 29.8 Å². The minimum atomic E-state index is 0.284. The fourth-order valence-corrected chi connectivity index (χ4v) is 4.53. The van der Waals surface area contributed by atoms with Gasteiger partial charge in [-0.2, -0.15) is 0 Å².